The predicted octanol–water partition coefficient (Wildman–Crippen LogP) is 1.96. The molecule has 1 atom stereocenters. The first-order valence-electron chi connectivity index (χ1n) is 7.34. The highest BCUT2D eigenvalue weighted by molar-refractivity contribution is 5.76. The maximum Gasteiger partial charge on any atom is 0.161 e. The van der Waals surface area contributed by atoms with E-state index in [1.165, 1.54) is 25.8 Å². The Labute approximate surface area is 118 Å². The van der Waals surface area contributed by atoms with Crippen LogP contribution in [-0.4, -0.2) is 44.9 Å². The molecular formula is C15H20N4O. The van der Waals surface area contributed by atoms with E-state index in [0.717, 1.165) is 30.7 Å². The molecule has 1 saturated heterocycles. The van der Waals surface area contributed by atoms with Gasteiger partial charge in [-0.15, -0.1) is 10.2 Å². The van der Waals surface area contributed by atoms with Gasteiger partial charge in [0.05, 0.1) is 0 Å². The molecule has 0 amide bonds. The van der Waals surface area contributed by atoms with Crippen LogP contribution < -0.4 is 0 Å². The average Bonchev–Trinajstić information content (AvgIpc) is 2.90. The van der Waals surface area contributed by atoms with Gasteiger partial charge < -0.3 is 4.90 Å². The first-order valence-corrected chi connectivity index (χ1v) is 7.34. The molecule has 0 radical (unpaired) electrons. The van der Waals surface area contributed by atoms with E-state index in [2.05, 4.69) is 22.0 Å². The molecule has 106 valence electrons. The van der Waals surface area contributed by atoms with Crippen LogP contribution in [0, 0.1) is 0 Å². The Balaban J connectivity index is 1.85. The number of carbonyl (C=O) groups excluding carboxylic acids is 1. The molecular weight excluding hydrogens is 252 g/mol. The van der Waals surface area contributed by atoms with E-state index in [0.29, 0.717) is 11.6 Å². The third-order valence-electron chi connectivity index (χ3n) is 4.21. The molecule has 5 nitrogen and oxygen atoms in total. The largest absolute Gasteiger partial charge is 0.300 e. The Kier molecular flexibility index (Phi) is 3.78. The van der Waals surface area contributed by atoms with Crippen LogP contribution in [0.5, 0.6) is 0 Å². The van der Waals surface area contributed by atoms with E-state index in [9.17, 15) is 4.79 Å². The smallest absolute Gasteiger partial charge is 0.161 e. The van der Waals surface area contributed by atoms with Gasteiger partial charge in [-0.3, -0.25) is 9.20 Å². The van der Waals surface area contributed by atoms with Gasteiger partial charge in [-0.2, -0.15) is 0 Å². The lowest BCUT2D eigenvalue weighted by Crippen LogP contribution is -2.40. The van der Waals surface area contributed by atoms with Crippen LogP contribution in [0.3, 0.4) is 0 Å². The van der Waals surface area contributed by atoms with E-state index in [-0.39, 0.29) is 0 Å². The molecule has 1 unspecified atom stereocenters. The van der Waals surface area contributed by atoms with Crippen molar-refractivity contribution in [3.05, 3.63) is 29.7 Å². The summed E-state index contributed by atoms with van der Waals surface area (Å²) in [6.45, 7) is 4.50. The molecule has 0 bridgehead atoms. The highest BCUT2D eigenvalue weighted by atomic mass is 16.1. The van der Waals surface area contributed by atoms with Gasteiger partial charge >= 0.3 is 0 Å². The van der Waals surface area contributed by atoms with Gasteiger partial charge in [-0.25, -0.2) is 0 Å². The fourth-order valence-corrected chi connectivity index (χ4v) is 3.09. The molecule has 0 aromatic carbocycles. The highest BCUT2D eigenvalue weighted by Gasteiger charge is 2.23. The number of piperidine rings is 1. The minimum Gasteiger partial charge on any atom is -0.300 e. The summed E-state index contributed by atoms with van der Waals surface area (Å²) in [6, 6.07) is 4.15. The molecule has 0 saturated carbocycles. The fraction of sp³-hybridized carbons (Fsp3) is 0.533. The molecule has 0 aliphatic carbocycles. The lowest BCUT2D eigenvalue weighted by atomic mass is 9.99. The molecule has 1 aliphatic rings. The summed E-state index contributed by atoms with van der Waals surface area (Å²) in [5, 5.41) is 8.48. The van der Waals surface area contributed by atoms with Crippen molar-refractivity contribution in [2.75, 3.05) is 13.1 Å². The van der Waals surface area contributed by atoms with Crippen molar-refractivity contribution in [1.29, 1.82) is 0 Å². The number of nitrogens with zero attached hydrogens (tertiary/aromatic N) is 4. The van der Waals surface area contributed by atoms with Gasteiger partial charge in [0.15, 0.2) is 5.65 Å². The van der Waals surface area contributed by atoms with Crippen molar-refractivity contribution >= 4 is 11.9 Å². The van der Waals surface area contributed by atoms with E-state index in [1.807, 2.05) is 16.7 Å². The van der Waals surface area contributed by atoms with Crippen LogP contribution in [-0.2, 0) is 6.42 Å². The minimum atomic E-state index is 0.562. The number of aromatic nitrogens is 3. The summed E-state index contributed by atoms with van der Waals surface area (Å²) < 4.78 is 2.00. The second kappa shape index (κ2) is 5.71. The van der Waals surface area contributed by atoms with E-state index >= 15 is 0 Å². The summed E-state index contributed by atoms with van der Waals surface area (Å²) in [7, 11) is 0. The van der Waals surface area contributed by atoms with Gasteiger partial charge in [-0.05, 0) is 38.1 Å². The zero-order valence-electron chi connectivity index (χ0n) is 11.8. The second-order valence-corrected chi connectivity index (χ2v) is 5.40. The number of hydrogen-bond donors (Lipinski definition) is 0. The van der Waals surface area contributed by atoms with Crippen LogP contribution in [0.2, 0.25) is 0 Å². The summed E-state index contributed by atoms with van der Waals surface area (Å²) in [4.78, 5) is 13.3. The number of likely N-dealkylation sites (tertiary alicyclic amines) is 1. The fourth-order valence-electron chi connectivity index (χ4n) is 3.09. The zero-order chi connectivity index (χ0) is 13.9. The number of aldehydes is 1. The number of fused-ring (bicyclic) bond motifs is 1. The normalized spacial score (nSPS) is 20.4. The minimum absolute atomic E-state index is 0.562. The highest BCUT2D eigenvalue weighted by Crippen LogP contribution is 2.20. The maximum atomic E-state index is 10.8. The number of pyridine rings is 1. The van der Waals surface area contributed by atoms with Gasteiger partial charge in [0.2, 0.25) is 0 Å². The molecule has 1 aliphatic heterocycles. The van der Waals surface area contributed by atoms with Gasteiger partial charge in [0.25, 0.3) is 0 Å². The summed E-state index contributed by atoms with van der Waals surface area (Å²) in [5.41, 5.74) is 1.40. The first-order chi connectivity index (χ1) is 9.81. The van der Waals surface area contributed by atoms with Crippen LogP contribution >= 0.6 is 0 Å². The second-order valence-electron chi connectivity index (χ2n) is 5.40. The average molecular weight is 272 g/mol. The van der Waals surface area contributed by atoms with Crippen LogP contribution in [0.4, 0.5) is 0 Å². The van der Waals surface area contributed by atoms with Crippen molar-refractivity contribution in [3.63, 3.8) is 0 Å². The van der Waals surface area contributed by atoms with Crippen molar-refractivity contribution < 1.29 is 4.79 Å². The SMILES string of the molecule is CCN1CCCCC1Cc1nnc2cc(C=O)ccn12. The number of rotatable bonds is 4. The molecule has 0 spiro atoms. The van der Waals surface area contributed by atoms with E-state index in [4.69, 9.17) is 0 Å². The summed E-state index contributed by atoms with van der Waals surface area (Å²) >= 11 is 0. The van der Waals surface area contributed by atoms with Crippen molar-refractivity contribution in [1.82, 2.24) is 19.5 Å². The Hall–Kier alpha value is -1.75. The standard InChI is InChI=1S/C15H20N4O/c1-2-18-7-4-3-5-13(18)10-15-17-16-14-9-12(11-20)6-8-19(14)15/h6,8-9,11,13H,2-5,7,10H2,1H3. The van der Waals surface area contributed by atoms with Gasteiger partial charge in [-0.1, -0.05) is 13.3 Å². The molecule has 0 N–H and O–H groups in total. The summed E-state index contributed by atoms with van der Waals surface area (Å²) in [5.74, 6) is 0.989. The van der Waals surface area contributed by atoms with Crippen LogP contribution in [0.25, 0.3) is 5.65 Å². The number of likely N-dealkylation sites (N-methyl/N-ethyl adjacent to an activating group) is 1. The molecule has 2 aromatic heterocycles. The Morgan fingerprint density at radius 2 is 2.30 bits per heavy atom. The van der Waals surface area contributed by atoms with Crippen molar-refractivity contribution in [2.24, 2.45) is 0 Å². The van der Waals surface area contributed by atoms with Crippen LogP contribution in [0.15, 0.2) is 18.3 Å². The van der Waals surface area contributed by atoms with Crippen LogP contribution in [0.1, 0.15) is 42.4 Å². The number of carbonyl (C=O) groups is 1. The monoisotopic (exact) mass is 272 g/mol. The van der Waals surface area contributed by atoms with Crippen molar-refractivity contribution in [3.8, 4) is 0 Å². The number of hydrogen-bond acceptors (Lipinski definition) is 4. The lowest BCUT2D eigenvalue weighted by molar-refractivity contribution is 0.112. The topological polar surface area (TPSA) is 50.5 Å². The summed E-state index contributed by atoms with van der Waals surface area (Å²) in [6.07, 6.45) is 7.49. The third kappa shape index (κ3) is 2.45. The first kappa shape index (κ1) is 13.2. The van der Waals surface area contributed by atoms with E-state index < -0.39 is 0 Å². The lowest BCUT2D eigenvalue weighted by Gasteiger charge is -2.34. The predicted molar refractivity (Wildman–Crippen MR) is 77.0 cm³/mol. The molecule has 20 heavy (non-hydrogen) atoms. The maximum absolute atomic E-state index is 10.8. The molecule has 3 heterocycles. The Morgan fingerprint density at radius 3 is 3.10 bits per heavy atom. The third-order valence-corrected chi connectivity index (χ3v) is 4.21. The van der Waals surface area contributed by atoms with Crippen molar-refractivity contribution in [2.45, 2.75) is 38.6 Å². The molecule has 5 heteroatoms. The molecule has 2 aromatic rings. The Morgan fingerprint density at radius 1 is 1.40 bits per heavy atom. The zero-order valence-corrected chi connectivity index (χ0v) is 11.8. The molecule has 1 fully saturated rings. The van der Waals surface area contributed by atoms with Gasteiger partial charge in [0.1, 0.15) is 12.1 Å². The van der Waals surface area contributed by atoms with E-state index in [1.54, 1.807) is 6.07 Å². The van der Waals surface area contributed by atoms with Gasteiger partial charge in [0, 0.05) is 24.2 Å². The quantitative estimate of drug-likeness (QED) is 0.798. The Bertz CT molecular complexity index is 607. The molecule has 3 rings (SSSR count).